The minimum atomic E-state index is -0.493. The smallest absolute Gasteiger partial charge is 0.294 e. The number of imide groups is 1. The Labute approximate surface area is 212 Å². The molecule has 2 heterocycles. The molecule has 2 fully saturated rings. The third kappa shape index (κ3) is 5.85. The van der Waals surface area contributed by atoms with Crippen molar-refractivity contribution in [2.45, 2.75) is 25.9 Å². The lowest BCUT2D eigenvalue weighted by atomic mass is 10.1. The van der Waals surface area contributed by atoms with Crippen LogP contribution in [-0.2, 0) is 16.2 Å². The molecule has 2 aliphatic heterocycles. The van der Waals surface area contributed by atoms with Crippen LogP contribution in [0.5, 0.6) is 11.5 Å². The van der Waals surface area contributed by atoms with Gasteiger partial charge in [-0.25, -0.2) is 0 Å². The Morgan fingerprint density at radius 2 is 1.81 bits per heavy atom. The summed E-state index contributed by atoms with van der Waals surface area (Å²) in [5.74, 6) is 0.167. The average molecular weight is 512 g/mol. The molecule has 3 amide bonds. The highest BCUT2D eigenvalue weighted by molar-refractivity contribution is 8.18. The fourth-order valence-corrected chi connectivity index (χ4v) is 4.77. The fourth-order valence-electron chi connectivity index (χ4n) is 3.93. The van der Waals surface area contributed by atoms with Crippen LogP contribution >= 0.6 is 11.8 Å². The summed E-state index contributed by atoms with van der Waals surface area (Å²) in [6, 6.07) is 11.1. The zero-order valence-corrected chi connectivity index (χ0v) is 20.5. The maximum atomic E-state index is 12.8. The maximum Gasteiger partial charge on any atom is 0.294 e. The Bertz CT molecular complexity index is 1210. The second-order valence-corrected chi connectivity index (χ2v) is 9.33. The SMILES string of the molecule is COc1cc(/C=C2/SC(=O)N(CC(=O)N3CCCCC3)C2=O)ccc1OCc1ccc([N+](=O)[O-])cc1. The molecule has 11 heteroatoms. The maximum absolute atomic E-state index is 12.8. The van der Waals surface area contributed by atoms with Crippen molar-refractivity contribution in [2.24, 2.45) is 0 Å². The number of nitro benzene ring substituents is 1. The number of amides is 3. The van der Waals surface area contributed by atoms with Crippen LogP contribution < -0.4 is 9.47 Å². The number of ether oxygens (including phenoxy) is 2. The number of thioether (sulfide) groups is 1. The van der Waals surface area contributed by atoms with E-state index in [2.05, 4.69) is 0 Å². The molecule has 0 N–H and O–H groups in total. The van der Waals surface area contributed by atoms with Gasteiger partial charge in [-0.3, -0.25) is 29.4 Å². The molecule has 0 radical (unpaired) electrons. The van der Waals surface area contributed by atoms with E-state index < -0.39 is 16.1 Å². The number of hydrogen-bond donors (Lipinski definition) is 0. The summed E-state index contributed by atoms with van der Waals surface area (Å²) in [7, 11) is 1.48. The van der Waals surface area contributed by atoms with Gasteiger partial charge in [0.1, 0.15) is 13.2 Å². The Balaban J connectivity index is 1.42. The van der Waals surface area contributed by atoms with Gasteiger partial charge in [-0.05, 0) is 72.5 Å². The number of likely N-dealkylation sites (tertiary alicyclic amines) is 1. The van der Waals surface area contributed by atoms with Crippen LogP contribution in [0.15, 0.2) is 47.4 Å². The predicted molar refractivity (Wildman–Crippen MR) is 134 cm³/mol. The van der Waals surface area contributed by atoms with E-state index in [9.17, 15) is 24.5 Å². The van der Waals surface area contributed by atoms with E-state index in [1.54, 1.807) is 41.3 Å². The molecule has 10 nitrogen and oxygen atoms in total. The minimum Gasteiger partial charge on any atom is -0.493 e. The zero-order valence-electron chi connectivity index (χ0n) is 19.7. The first kappa shape index (κ1) is 25.2. The van der Waals surface area contributed by atoms with Crippen LogP contribution in [0.25, 0.3) is 6.08 Å². The Kier molecular flexibility index (Phi) is 7.89. The molecule has 0 bridgehead atoms. The molecule has 2 aromatic rings. The van der Waals surface area contributed by atoms with Gasteiger partial charge < -0.3 is 14.4 Å². The molecule has 0 aromatic heterocycles. The predicted octanol–water partition coefficient (Wildman–Crippen LogP) is 4.23. The molecule has 2 aromatic carbocycles. The van der Waals surface area contributed by atoms with E-state index in [0.29, 0.717) is 30.2 Å². The van der Waals surface area contributed by atoms with Crippen molar-refractivity contribution in [1.29, 1.82) is 0 Å². The minimum absolute atomic E-state index is 0.000888. The summed E-state index contributed by atoms with van der Waals surface area (Å²) in [4.78, 5) is 51.1. The van der Waals surface area contributed by atoms with Crippen molar-refractivity contribution in [3.05, 3.63) is 68.6 Å². The van der Waals surface area contributed by atoms with E-state index in [-0.39, 0.29) is 29.7 Å². The standard InChI is InChI=1S/C25H25N3O7S/c1-34-21-13-18(7-10-20(21)35-16-17-5-8-19(9-6-17)28(32)33)14-22-24(30)27(25(31)36-22)15-23(29)26-11-3-2-4-12-26/h5-10,13-14H,2-4,11-12,15-16H2,1H3/b22-14+. The fraction of sp³-hybridized carbons (Fsp3) is 0.320. The van der Waals surface area contributed by atoms with Crippen LogP contribution in [0, 0.1) is 10.1 Å². The number of benzene rings is 2. The number of non-ortho nitro benzene ring substituents is 1. The summed E-state index contributed by atoms with van der Waals surface area (Å²) in [6.07, 6.45) is 4.53. The molecule has 0 unspecified atom stereocenters. The van der Waals surface area contributed by atoms with Crippen molar-refractivity contribution in [2.75, 3.05) is 26.7 Å². The van der Waals surface area contributed by atoms with Crippen molar-refractivity contribution in [1.82, 2.24) is 9.80 Å². The molecular formula is C25H25N3O7S. The highest BCUT2D eigenvalue weighted by atomic mass is 32.2. The number of carbonyl (C=O) groups excluding carboxylic acids is 3. The van der Waals surface area contributed by atoms with Gasteiger partial charge in [-0.2, -0.15) is 0 Å². The topological polar surface area (TPSA) is 119 Å². The zero-order chi connectivity index (χ0) is 25.7. The summed E-state index contributed by atoms with van der Waals surface area (Å²) in [5, 5.41) is 10.3. The molecule has 0 atom stereocenters. The molecule has 36 heavy (non-hydrogen) atoms. The summed E-state index contributed by atoms with van der Waals surface area (Å²) < 4.78 is 11.2. The molecule has 2 saturated heterocycles. The van der Waals surface area contributed by atoms with Gasteiger partial charge in [0.25, 0.3) is 16.8 Å². The quantitative estimate of drug-likeness (QED) is 0.293. The number of methoxy groups -OCH3 is 1. The molecule has 0 aliphatic carbocycles. The molecule has 0 spiro atoms. The normalized spacial score (nSPS) is 17.0. The van der Waals surface area contributed by atoms with Gasteiger partial charge in [0.2, 0.25) is 5.91 Å². The summed E-state index contributed by atoms with van der Waals surface area (Å²) >= 11 is 0.801. The van der Waals surface area contributed by atoms with Gasteiger partial charge in [0.05, 0.1) is 16.9 Å². The van der Waals surface area contributed by atoms with Gasteiger partial charge in [0, 0.05) is 25.2 Å². The first-order chi connectivity index (χ1) is 17.4. The van der Waals surface area contributed by atoms with Crippen molar-refractivity contribution >= 4 is 40.6 Å². The number of nitro groups is 1. The van der Waals surface area contributed by atoms with Crippen molar-refractivity contribution in [3.63, 3.8) is 0 Å². The molecule has 188 valence electrons. The van der Waals surface area contributed by atoms with Crippen LogP contribution in [0.4, 0.5) is 10.5 Å². The monoisotopic (exact) mass is 511 g/mol. The van der Waals surface area contributed by atoms with E-state index in [0.717, 1.165) is 41.5 Å². The molecular weight excluding hydrogens is 486 g/mol. The first-order valence-electron chi connectivity index (χ1n) is 11.4. The number of nitrogens with zero attached hydrogens (tertiary/aromatic N) is 3. The average Bonchev–Trinajstić information content (AvgIpc) is 3.15. The second-order valence-electron chi connectivity index (χ2n) is 8.33. The Morgan fingerprint density at radius 3 is 2.47 bits per heavy atom. The highest BCUT2D eigenvalue weighted by Gasteiger charge is 2.37. The third-order valence-electron chi connectivity index (χ3n) is 5.90. The largest absolute Gasteiger partial charge is 0.493 e. The lowest BCUT2D eigenvalue weighted by Crippen LogP contribution is -2.44. The lowest BCUT2D eigenvalue weighted by molar-refractivity contribution is -0.384. The summed E-state index contributed by atoms with van der Waals surface area (Å²) in [6.45, 7) is 1.24. The van der Waals surface area contributed by atoms with Crippen LogP contribution in [-0.4, -0.2) is 58.5 Å². The van der Waals surface area contributed by atoms with Crippen molar-refractivity contribution < 1.29 is 28.8 Å². The van der Waals surface area contributed by atoms with E-state index in [1.807, 2.05) is 0 Å². The Hall–Kier alpha value is -3.86. The second kappa shape index (κ2) is 11.3. The van der Waals surface area contributed by atoms with Crippen LogP contribution in [0.1, 0.15) is 30.4 Å². The third-order valence-corrected chi connectivity index (χ3v) is 6.81. The molecule has 0 saturated carbocycles. The van der Waals surface area contributed by atoms with Crippen LogP contribution in [0.3, 0.4) is 0 Å². The molecule has 4 rings (SSSR count). The lowest BCUT2D eigenvalue weighted by Gasteiger charge is -2.27. The van der Waals surface area contributed by atoms with E-state index in [4.69, 9.17) is 9.47 Å². The number of piperidine rings is 1. The molecule has 2 aliphatic rings. The number of rotatable bonds is 8. The van der Waals surface area contributed by atoms with Crippen molar-refractivity contribution in [3.8, 4) is 11.5 Å². The van der Waals surface area contributed by atoms with Crippen LogP contribution in [0.2, 0.25) is 0 Å². The number of hydrogen-bond acceptors (Lipinski definition) is 8. The van der Waals surface area contributed by atoms with Gasteiger partial charge in [-0.15, -0.1) is 0 Å². The number of carbonyl (C=O) groups is 3. The highest BCUT2D eigenvalue weighted by Crippen LogP contribution is 2.35. The first-order valence-corrected chi connectivity index (χ1v) is 12.2. The van der Waals surface area contributed by atoms with Gasteiger partial charge in [-0.1, -0.05) is 6.07 Å². The van der Waals surface area contributed by atoms with Gasteiger partial charge in [0.15, 0.2) is 11.5 Å². The van der Waals surface area contributed by atoms with E-state index >= 15 is 0 Å². The Morgan fingerprint density at radius 1 is 1.08 bits per heavy atom. The summed E-state index contributed by atoms with van der Waals surface area (Å²) in [5.41, 5.74) is 1.38. The van der Waals surface area contributed by atoms with E-state index in [1.165, 1.54) is 19.2 Å². The van der Waals surface area contributed by atoms with Gasteiger partial charge >= 0.3 is 0 Å².